The molecule has 1 aliphatic rings. The highest BCUT2D eigenvalue weighted by atomic mass is 32.1. The topological polar surface area (TPSA) is 103 Å². The maximum absolute atomic E-state index is 12.9. The van der Waals surface area contributed by atoms with Crippen LogP contribution >= 0.6 is 11.3 Å². The van der Waals surface area contributed by atoms with Gasteiger partial charge in [0.25, 0.3) is 11.8 Å². The van der Waals surface area contributed by atoms with Crippen molar-refractivity contribution in [2.24, 2.45) is 11.8 Å². The molecule has 3 atom stereocenters. The zero-order chi connectivity index (χ0) is 24.0. The number of carbonyl (C=O) groups excluding carboxylic acids is 3. The smallest absolute Gasteiger partial charge is 0.340 e. The number of ether oxygens (including phenoxy) is 3. The Labute approximate surface area is 197 Å². The van der Waals surface area contributed by atoms with Crippen molar-refractivity contribution in [1.29, 1.82) is 0 Å². The molecule has 2 aromatic rings. The van der Waals surface area contributed by atoms with Gasteiger partial charge >= 0.3 is 5.97 Å². The Morgan fingerprint density at radius 2 is 1.82 bits per heavy atom. The van der Waals surface area contributed by atoms with Crippen molar-refractivity contribution in [2.75, 3.05) is 26.1 Å². The summed E-state index contributed by atoms with van der Waals surface area (Å²) in [7, 11) is 2.90. The summed E-state index contributed by atoms with van der Waals surface area (Å²) in [6.07, 6.45) is 3.14. The van der Waals surface area contributed by atoms with E-state index in [4.69, 9.17) is 14.2 Å². The van der Waals surface area contributed by atoms with Gasteiger partial charge in [-0.15, -0.1) is 11.3 Å². The molecule has 1 heterocycles. The van der Waals surface area contributed by atoms with E-state index in [2.05, 4.69) is 24.5 Å². The average Bonchev–Trinajstić information content (AvgIpc) is 3.35. The minimum Gasteiger partial charge on any atom is -0.493 e. The SMILES string of the molecule is COc1cc(NC(=O)c2cccs2)c(C(=O)OCC(=O)NC2CCCC(C)C2C)cc1OC. The van der Waals surface area contributed by atoms with Crippen LogP contribution in [0.25, 0.3) is 0 Å². The molecule has 1 fully saturated rings. The lowest BCUT2D eigenvalue weighted by Gasteiger charge is -2.34. The van der Waals surface area contributed by atoms with E-state index in [0.29, 0.717) is 28.2 Å². The van der Waals surface area contributed by atoms with Crippen molar-refractivity contribution in [2.45, 2.75) is 39.2 Å². The monoisotopic (exact) mass is 474 g/mol. The minimum absolute atomic E-state index is 0.0602. The molecule has 178 valence electrons. The van der Waals surface area contributed by atoms with E-state index in [1.165, 1.54) is 37.7 Å². The van der Waals surface area contributed by atoms with Crippen molar-refractivity contribution < 1.29 is 28.6 Å². The van der Waals surface area contributed by atoms with Gasteiger partial charge in [-0.25, -0.2) is 4.79 Å². The lowest BCUT2D eigenvalue weighted by atomic mass is 9.78. The van der Waals surface area contributed by atoms with Crippen LogP contribution in [0.3, 0.4) is 0 Å². The van der Waals surface area contributed by atoms with Crippen LogP contribution < -0.4 is 20.1 Å². The third-order valence-electron chi connectivity index (χ3n) is 6.12. The van der Waals surface area contributed by atoms with Crippen LogP contribution in [0.4, 0.5) is 5.69 Å². The van der Waals surface area contributed by atoms with Crippen LogP contribution in [-0.4, -0.2) is 44.7 Å². The van der Waals surface area contributed by atoms with E-state index in [9.17, 15) is 14.4 Å². The molecule has 0 radical (unpaired) electrons. The summed E-state index contributed by atoms with van der Waals surface area (Å²) in [5, 5.41) is 7.48. The largest absolute Gasteiger partial charge is 0.493 e. The molecular formula is C24H30N2O6S. The molecule has 2 N–H and O–H groups in total. The Bertz CT molecular complexity index is 991. The van der Waals surface area contributed by atoms with E-state index in [1.54, 1.807) is 17.5 Å². The first-order valence-electron chi connectivity index (χ1n) is 10.9. The number of amides is 2. The van der Waals surface area contributed by atoms with Gasteiger partial charge in [-0.2, -0.15) is 0 Å². The van der Waals surface area contributed by atoms with Crippen LogP contribution in [0.5, 0.6) is 11.5 Å². The molecular weight excluding hydrogens is 444 g/mol. The predicted octanol–water partition coefficient (Wildman–Crippen LogP) is 4.12. The first-order valence-corrected chi connectivity index (χ1v) is 11.8. The first kappa shape index (κ1) is 24.6. The molecule has 9 heteroatoms. The molecule has 0 saturated heterocycles. The zero-order valence-corrected chi connectivity index (χ0v) is 20.1. The van der Waals surface area contributed by atoms with Gasteiger partial charge in [0.1, 0.15) is 0 Å². The summed E-state index contributed by atoms with van der Waals surface area (Å²) in [5.41, 5.74) is 0.260. The zero-order valence-electron chi connectivity index (χ0n) is 19.3. The summed E-state index contributed by atoms with van der Waals surface area (Å²) < 4.78 is 15.9. The maximum atomic E-state index is 12.9. The van der Waals surface area contributed by atoms with Crippen LogP contribution in [0.15, 0.2) is 29.6 Å². The highest BCUT2D eigenvalue weighted by Gasteiger charge is 2.28. The number of esters is 1. The van der Waals surface area contributed by atoms with Crippen molar-refractivity contribution >= 4 is 34.8 Å². The highest BCUT2D eigenvalue weighted by Crippen LogP contribution is 2.34. The van der Waals surface area contributed by atoms with E-state index in [0.717, 1.165) is 19.3 Å². The number of anilines is 1. The predicted molar refractivity (Wildman–Crippen MR) is 126 cm³/mol. The number of rotatable bonds is 8. The fraction of sp³-hybridized carbons (Fsp3) is 0.458. The number of carbonyl (C=O) groups is 3. The number of nitrogens with one attached hydrogen (secondary N) is 2. The molecule has 3 unspecified atom stereocenters. The second kappa shape index (κ2) is 11.2. The van der Waals surface area contributed by atoms with Gasteiger partial charge in [0.05, 0.1) is 30.3 Å². The van der Waals surface area contributed by atoms with Crippen LogP contribution in [-0.2, 0) is 9.53 Å². The number of methoxy groups -OCH3 is 2. The van der Waals surface area contributed by atoms with E-state index in [-0.39, 0.29) is 29.1 Å². The number of benzene rings is 1. The van der Waals surface area contributed by atoms with Gasteiger partial charge in [0.2, 0.25) is 0 Å². The van der Waals surface area contributed by atoms with Crippen LogP contribution in [0.2, 0.25) is 0 Å². The van der Waals surface area contributed by atoms with E-state index < -0.39 is 12.6 Å². The van der Waals surface area contributed by atoms with Gasteiger partial charge in [0, 0.05) is 18.2 Å². The Morgan fingerprint density at radius 1 is 1.09 bits per heavy atom. The maximum Gasteiger partial charge on any atom is 0.340 e. The van der Waals surface area contributed by atoms with Crippen LogP contribution in [0.1, 0.15) is 53.1 Å². The summed E-state index contributed by atoms with van der Waals surface area (Å²) in [6, 6.07) is 6.42. The molecule has 1 aliphatic carbocycles. The van der Waals surface area contributed by atoms with Crippen molar-refractivity contribution in [3.8, 4) is 11.5 Å². The fourth-order valence-electron chi connectivity index (χ4n) is 3.99. The van der Waals surface area contributed by atoms with Crippen molar-refractivity contribution in [1.82, 2.24) is 5.32 Å². The summed E-state index contributed by atoms with van der Waals surface area (Å²) in [4.78, 5) is 38.4. The Morgan fingerprint density at radius 3 is 2.48 bits per heavy atom. The summed E-state index contributed by atoms with van der Waals surface area (Å²) in [6.45, 7) is 3.90. The molecule has 2 amide bonds. The van der Waals surface area contributed by atoms with Crippen molar-refractivity contribution in [3.05, 3.63) is 40.1 Å². The van der Waals surface area contributed by atoms with Crippen LogP contribution in [0, 0.1) is 11.8 Å². The van der Waals surface area contributed by atoms with Gasteiger partial charge in [-0.1, -0.05) is 32.8 Å². The molecule has 8 nitrogen and oxygen atoms in total. The van der Waals surface area contributed by atoms with Gasteiger partial charge in [-0.3, -0.25) is 9.59 Å². The second-order valence-electron chi connectivity index (χ2n) is 8.20. The Balaban J connectivity index is 1.72. The molecule has 0 aliphatic heterocycles. The Kier molecular flexibility index (Phi) is 8.32. The fourth-order valence-corrected chi connectivity index (χ4v) is 4.60. The van der Waals surface area contributed by atoms with E-state index in [1.807, 2.05) is 0 Å². The van der Waals surface area contributed by atoms with Gasteiger partial charge in [0.15, 0.2) is 18.1 Å². The lowest BCUT2D eigenvalue weighted by molar-refractivity contribution is -0.125. The standard InChI is InChI=1S/C24H30N2O6S/c1-14-7-5-8-17(15(14)2)25-22(27)13-32-24(29)16-11-19(30-3)20(31-4)12-18(16)26-23(28)21-9-6-10-33-21/h6,9-12,14-15,17H,5,7-8,13H2,1-4H3,(H,25,27)(H,26,28). The van der Waals surface area contributed by atoms with Crippen molar-refractivity contribution in [3.63, 3.8) is 0 Å². The number of hydrogen-bond acceptors (Lipinski definition) is 7. The molecule has 1 saturated carbocycles. The second-order valence-corrected chi connectivity index (χ2v) is 9.15. The van der Waals surface area contributed by atoms with Gasteiger partial charge < -0.3 is 24.8 Å². The molecule has 0 bridgehead atoms. The van der Waals surface area contributed by atoms with Gasteiger partial charge in [-0.05, 0) is 29.7 Å². The highest BCUT2D eigenvalue weighted by molar-refractivity contribution is 7.12. The number of hydrogen-bond donors (Lipinski definition) is 2. The minimum atomic E-state index is -0.752. The molecule has 33 heavy (non-hydrogen) atoms. The number of thiophene rings is 1. The average molecular weight is 475 g/mol. The third-order valence-corrected chi connectivity index (χ3v) is 6.99. The molecule has 1 aromatic heterocycles. The summed E-state index contributed by atoms with van der Waals surface area (Å²) in [5.74, 6) is 0.0685. The normalized spacial score (nSPS) is 19.9. The Hall–Kier alpha value is -3.07. The first-order chi connectivity index (χ1) is 15.8. The molecule has 1 aromatic carbocycles. The third kappa shape index (κ3) is 6.04. The summed E-state index contributed by atoms with van der Waals surface area (Å²) >= 11 is 1.28. The quantitative estimate of drug-likeness (QED) is 0.558. The molecule has 3 rings (SSSR count). The van der Waals surface area contributed by atoms with E-state index >= 15 is 0 Å². The molecule has 0 spiro atoms. The lowest BCUT2D eigenvalue weighted by Crippen LogP contribution is -2.45.